The van der Waals surface area contributed by atoms with Gasteiger partial charge in [0.1, 0.15) is 0 Å². The third-order valence-electron chi connectivity index (χ3n) is 5.25. The van der Waals surface area contributed by atoms with Gasteiger partial charge in [-0.25, -0.2) is 8.42 Å². The number of rotatable bonds is 6. The fourth-order valence-corrected chi connectivity index (χ4v) is 5.28. The van der Waals surface area contributed by atoms with Crippen molar-refractivity contribution < 1.29 is 13.2 Å². The van der Waals surface area contributed by atoms with Gasteiger partial charge in [0.2, 0.25) is 15.9 Å². The van der Waals surface area contributed by atoms with E-state index in [0.29, 0.717) is 38.8 Å². The van der Waals surface area contributed by atoms with Crippen molar-refractivity contribution in [3.05, 3.63) is 35.9 Å². The average molecular weight is 380 g/mol. The van der Waals surface area contributed by atoms with Gasteiger partial charge in [-0.15, -0.1) is 0 Å². The van der Waals surface area contributed by atoms with Crippen LogP contribution in [0.5, 0.6) is 0 Å². The molecular weight excluding hydrogens is 350 g/mol. The summed E-state index contributed by atoms with van der Waals surface area (Å²) in [6.07, 6.45) is 5.83. The number of piperazine rings is 1. The van der Waals surface area contributed by atoms with Crippen molar-refractivity contribution in [1.82, 2.24) is 14.5 Å². The number of hydrogen-bond acceptors (Lipinski definition) is 4. The lowest BCUT2D eigenvalue weighted by Crippen LogP contribution is -2.52. The van der Waals surface area contributed by atoms with E-state index in [2.05, 4.69) is 5.32 Å². The fraction of sp³-hybridized carbons (Fsp3) is 0.632. The van der Waals surface area contributed by atoms with Gasteiger partial charge in [0, 0.05) is 32.2 Å². The number of carbonyl (C=O) groups excluding carboxylic acids is 1. The van der Waals surface area contributed by atoms with E-state index in [1.54, 1.807) is 4.31 Å². The van der Waals surface area contributed by atoms with Gasteiger partial charge in [-0.2, -0.15) is 4.31 Å². The molecule has 0 aromatic heterocycles. The predicted molar refractivity (Wildman–Crippen MR) is 102 cm³/mol. The molecule has 1 aliphatic heterocycles. The first-order valence-corrected chi connectivity index (χ1v) is 11.2. The number of amides is 1. The molecule has 1 amide bonds. The summed E-state index contributed by atoms with van der Waals surface area (Å²) in [6, 6.07) is 9.59. The maximum atomic E-state index is 12.6. The molecule has 7 heteroatoms. The van der Waals surface area contributed by atoms with Crippen LogP contribution >= 0.6 is 0 Å². The zero-order chi connectivity index (χ0) is 18.4. The highest BCUT2D eigenvalue weighted by molar-refractivity contribution is 7.88. The minimum atomic E-state index is -3.30. The van der Waals surface area contributed by atoms with Gasteiger partial charge in [-0.1, -0.05) is 49.6 Å². The first-order valence-electron chi connectivity index (χ1n) is 9.56. The molecule has 0 atom stereocenters. The molecule has 1 aliphatic carbocycles. The second-order valence-corrected chi connectivity index (χ2v) is 9.29. The van der Waals surface area contributed by atoms with E-state index in [9.17, 15) is 13.2 Å². The molecule has 1 heterocycles. The summed E-state index contributed by atoms with van der Waals surface area (Å²) in [5, 5.41) is 3.13. The molecule has 0 unspecified atom stereocenters. The number of sulfonamides is 1. The van der Waals surface area contributed by atoms with Crippen molar-refractivity contribution in [2.45, 2.75) is 43.9 Å². The summed E-state index contributed by atoms with van der Waals surface area (Å²) in [4.78, 5) is 14.3. The Kier molecular flexibility index (Phi) is 6.67. The van der Waals surface area contributed by atoms with E-state index in [1.807, 2.05) is 35.2 Å². The molecule has 1 aromatic rings. The Labute approximate surface area is 156 Å². The van der Waals surface area contributed by atoms with E-state index in [4.69, 9.17) is 0 Å². The zero-order valence-corrected chi connectivity index (χ0v) is 16.1. The Hall–Kier alpha value is -1.44. The van der Waals surface area contributed by atoms with Crippen LogP contribution in [0.4, 0.5) is 0 Å². The summed E-state index contributed by atoms with van der Waals surface area (Å²) >= 11 is 0. The molecule has 3 rings (SSSR count). The Morgan fingerprint density at radius 1 is 1.00 bits per heavy atom. The van der Waals surface area contributed by atoms with Gasteiger partial charge >= 0.3 is 0 Å². The number of hydrogen-bond donors (Lipinski definition) is 1. The van der Waals surface area contributed by atoms with Gasteiger partial charge < -0.3 is 5.32 Å². The molecule has 0 radical (unpaired) electrons. The molecule has 26 heavy (non-hydrogen) atoms. The Morgan fingerprint density at radius 3 is 2.31 bits per heavy atom. The second-order valence-electron chi connectivity index (χ2n) is 7.32. The van der Waals surface area contributed by atoms with Crippen LogP contribution in [0, 0.1) is 0 Å². The highest BCUT2D eigenvalue weighted by Crippen LogP contribution is 2.17. The van der Waals surface area contributed by atoms with Crippen molar-refractivity contribution in [1.29, 1.82) is 0 Å². The molecule has 2 fully saturated rings. The minimum Gasteiger partial charge on any atom is -0.352 e. The van der Waals surface area contributed by atoms with E-state index in [1.165, 1.54) is 19.3 Å². The smallest absolute Gasteiger partial charge is 0.234 e. The van der Waals surface area contributed by atoms with Gasteiger partial charge in [0.05, 0.1) is 12.3 Å². The summed E-state index contributed by atoms with van der Waals surface area (Å²) in [6.45, 7) is 2.47. The third-order valence-corrected chi connectivity index (χ3v) is 7.10. The topological polar surface area (TPSA) is 69.7 Å². The highest BCUT2D eigenvalue weighted by Gasteiger charge is 2.28. The Balaban J connectivity index is 1.44. The van der Waals surface area contributed by atoms with Crippen LogP contribution in [0.15, 0.2) is 30.3 Å². The number of nitrogens with one attached hydrogen (secondary N) is 1. The van der Waals surface area contributed by atoms with Gasteiger partial charge in [0.25, 0.3) is 0 Å². The quantitative estimate of drug-likeness (QED) is 0.815. The Morgan fingerprint density at radius 2 is 1.65 bits per heavy atom. The molecule has 1 aromatic carbocycles. The molecular formula is C19H29N3O3S. The standard InChI is InChI=1S/C19H29N3O3S/c23-19(20-18-9-5-2-6-10-18)15-21-11-13-22(14-12-21)26(24,25)16-17-7-3-1-4-8-17/h1,3-4,7-8,18H,2,5-6,9-16H2,(H,20,23). The predicted octanol–water partition coefficient (Wildman–Crippen LogP) is 1.58. The minimum absolute atomic E-state index is 0.0377. The van der Waals surface area contributed by atoms with Crippen LogP contribution in [-0.2, 0) is 20.6 Å². The lowest BCUT2D eigenvalue weighted by Gasteiger charge is -2.34. The zero-order valence-electron chi connectivity index (χ0n) is 15.3. The maximum absolute atomic E-state index is 12.6. The maximum Gasteiger partial charge on any atom is 0.234 e. The van der Waals surface area contributed by atoms with E-state index >= 15 is 0 Å². The molecule has 144 valence electrons. The highest BCUT2D eigenvalue weighted by atomic mass is 32.2. The summed E-state index contributed by atoms with van der Waals surface area (Å²) in [7, 11) is -3.30. The molecule has 0 spiro atoms. The fourth-order valence-electron chi connectivity index (χ4n) is 3.77. The average Bonchev–Trinajstić information content (AvgIpc) is 2.63. The SMILES string of the molecule is O=C(CN1CCN(S(=O)(=O)Cc2ccccc2)CC1)NC1CCCCC1. The summed E-state index contributed by atoms with van der Waals surface area (Å²) < 4.78 is 26.7. The summed E-state index contributed by atoms with van der Waals surface area (Å²) in [5.74, 6) is 0.105. The van der Waals surface area contributed by atoms with Gasteiger partial charge in [0.15, 0.2) is 0 Å². The van der Waals surface area contributed by atoms with Crippen molar-refractivity contribution in [3.63, 3.8) is 0 Å². The van der Waals surface area contributed by atoms with Gasteiger partial charge in [-0.3, -0.25) is 9.69 Å². The second kappa shape index (κ2) is 8.97. The van der Waals surface area contributed by atoms with Crippen LogP contribution in [0.25, 0.3) is 0 Å². The van der Waals surface area contributed by atoms with Crippen LogP contribution in [-0.4, -0.2) is 62.3 Å². The molecule has 0 bridgehead atoms. The van der Waals surface area contributed by atoms with Crippen molar-refractivity contribution in [2.24, 2.45) is 0 Å². The van der Waals surface area contributed by atoms with Crippen molar-refractivity contribution in [2.75, 3.05) is 32.7 Å². The van der Waals surface area contributed by atoms with Crippen molar-refractivity contribution >= 4 is 15.9 Å². The van der Waals surface area contributed by atoms with E-state index < -0.39 is 10.0 Å². The number of benzene rings is 1. The molecule has 1 saturated carbocycles. The molecule has 1 saturated heterocycles. The molecule has 6 nitrogen and oxygen atoms in total. The number of carbonyl (C=O) groups is 1. The lowest BCUT2D eigenvalue weighted by molar-refractivity contribution is -0.123. The monoisotopic (exact) mass is 379 g/mol. The molecule has 1 N–H and O–H groups in total. The van der Waals surface area contributed by atoms with Crippen LogP contribution in [0.2, 0.25) is 0 Å². The largest absolute Gasteiger partial charge is 0.352 e. The number of nitrogens with zero attached hydrogens (tertiary/aromatic N) is 2. The van der Waals surface area contributed by atoms with Crippen LogP contribution < -0.4 is 5.32 Å². The first kappa shape index (κ1) is 19.3. The third kappa shape index (κ3) is 5.53. The first-order chi connectivity index (χ1) is 12.5. The lowest BCUT2D eigenvalue weighted by atomic mass is 9.95. The normalized spacial score (nSPS) is 20.8. The van der Waals surface area contributed by atoms with Crippen LogP contribution in [0.3, 0.4) is 0 Å². The summed E-state index contributed by atoms with van der Waals surface area (Å²) in [5.41, 5.74) is 0.807. The Bertz CT molecular complexity index is 679. The van der Waals surface area contributed by atoms with E-state index in [0.717, 1.165) is 18.4 Å². The molecule has 2 aliphatic rings. The van der Waals surface area contributed by atoms with Crippen LogP contribution in [0.1, 0.15) is 37.7 Å². The van der Waals surface area contributed by atoms with E-state index in [-0.39, 0.29) is 11.7 Å². The van der Waals surface area contributed by atoms with Gasteiger partial charge in [-0.05, 0) is 18.4 Å². The van der Waals surface area contributed by atoms with Crippen molar-refractivity contribution in [3.8, 4) is 0 Å².